The van der Waals surface area contributed by atoms with Gasteiger partial charge in [0.05, 0.1) is 0 Å². The third-order valence-electron chi connectivity index (χ3n) is 2.71. The van der Waals surface area contributed by atoms with Crippen LogP contribution in [0.1, 0.15) is 18.9 Å². The lowest BCUT2D eigenvalue weighted by atomic mass is 10.0. The molecule has 2 N–H and O–H groups in total. The summed E-state index contributed by atoms with van der Waals surface area (Å²) in [7, 11) is 0. The summed E-state index contributed by atoms with van der Waals surface area (Å²) in [5.41, 5.74) is 1.93. The van der Waals surface area contributed by atoms with Gasteiger partial charge in [-0.2, -0.15) is 0 Å². The highest BCUT2D eigenvalue weighted by atomic mass is 16.2. The molecule has 3 amide bonds. The van der Waals surface area contributed by atoms with E-state index in [0.717, 1.165) is 11.1 Å². The van der Waals surface area contributed by atoms with Crippen LogP contribution < -0.4 is 10.6 Å². The van der Waals surface area contributed by atoms with E-state index in [0.29, 0.717) is 6.42 Å². The first-order chi connectivity index (χ1) is 8.20. The van der Waals surface area contributed by atoms with E-state index in [1.807, 2.05) is 43.3 Å². The van der Waals surface area contributed by atoms with Crippen molar-refractivity contribution in [3.05, 3.63) is 41.5 Å². The molecular weight excluding hydrogens is 216 g/mol. The van der Waals surface area contributed by atoms with Gasteiger partial charge in [0.25, 0.3) is 5.91 Å². The number of benzene rings is 1. The van der Waals surface area contributed by atoms with E-state index in [9.17, 15) is 9.59 Å². The van der Waals surface area contributed by atoms with E-state index in [1.54, 1.807) is 0 Å². The van der Waals surface area contributed by atoms with Crippen molar-refractivity contribution in [3.63, 3.8) is 0 Å². The number of carbonyl (C=O) groups is 2. The third-order valence-corrected chi connectivity index (χ3v) is 2.71. The summed E-state index contributed by atoms with van der Waals surface area (Å²) in [6, 6.07) is 8.78. The van der Waals surface area contributed by atoms with Gasteiger partial charge in [-0.05, 0) is 17.6 Å². The predicted molar refractivity (Wildman–Crippen MR) is 65.2 cm³/mol. The van der Waals surface area contributed by atoms with Crippen LogP contribution in [0.25, 0.3) is 6.08 Å². The molecule has 88 valence electrons. The number of hydrogen-bond acceptors (Lipinski definition) is 2. The van der Waals surface area contributed by atoms with Crippen LogP contribution in [0.3, 0.4) is 0 Å². The van der Waals surface area contributed by atoms with E-state index in [4.69, 9.17) is 0 Å². The largest absolute Gasteiger partial charge is 0.322 e. The molecule has 0 aromatic heterocycles. The van der Waals surface area contributed by atoms with Gasteiger partial charge in [0.1, 0.15) is 6.04 Å². The molecule has 1 atom stereocenters. The van der Waals surface area contributed by atoms with Crippen molar-refractivity contribution in [1.82, 2.24) is 10.6 Å². The first kappa shape index (κ1) is 11.4. The molecule has 0 unspecified atom stereocenters. The summed E-state index contributed by atoms with van der Waals surface area (Å²) < 4.78 is 0. The van der Waals surface area contributed by atoms with Crippen molar-refractivity contribution in [2.24, 2.45) is 0 Å². The molecule has 0 bridgehead atoms. The number of nitrogens with one attached hydrogen (secondary N) is 2. The lowest BCUT2D eigenvalue weighted by Gasteiger charge is -2.10. The molecule has 1 saturated heterocycles. The molecule has 1 aromatic carbocycles. The SMILES string of the molecule is CC/C(=C\c1ccccc1)[C@H]1NC(=O)NC1=O. The second kappa shape index (κ2) is 4.82. The Morgan fingerprint density at radius 2 is 2.00 bits per heavy atom. The summed E-state index contributed by atoms with van der Waals surface area (Å²) in [5, 5.41) is 4.84. The lowest BCUT2D eigenvalue weighted by molar-refractivity contribution is -0.119. The van der Waals surface area contributed by atoms with Crippen LogP contribution in [0.2, 0.25) is 0 Å². The van der Waals surface area contributed by atoms with Crippen molar-refractivity contribution in [1.29, 1.82) is 0 Å². The molecule has 4 heteroatoms. The van der Waals surface area contributed by atoms with Crippen molar-refractivity contribution >= 4 is 18.0 Å². The summed E-state index contributed by atoms with van der Waals surface area (Å²) in [5.74, 6) is -0.279. The number of urea groups is 1. The number of carbonyl (C=O) groups excluding carboxylic acids is 2. The zero-order valence-corrected chi connectivity index (χ0v) is 9.57. The zero-order chi connectivity index (χ0) is 12.3. The Balaban J connectivity index is 2.25. The molecule has 0 spiro atoms. The number of amides is 3. The van der Waals surface area contributed by atoms with E-state index in [1.165, 1.54) is 0 Å². The minimum atomic E-state index is -0.535. The van der Waals surface area contributed by atoms with Crippen LogP contribution >= 0.6 is 0 Å². The molecule has 0 radical (unpaired) electrons. The molecule has 1 aromatic rings. The molecule has 0 aliphatic carbocycles. The van der Waals surface area contributed by atoms with Gasteiger partial charge in [0.2, 0.25) is 0 Å². The molecule has 2 rings (SSSR count). The Morgan fingerprint density at radius 3 is 2.53 bits per heavy atom. The maximum absolute atomic E-state index is 11.5. The maximum atomic E-state index is 11.5. The van der Waals surface area contributed by atoms with Crippen LogP contribution in [0.4, 0.5) is 4.79 Å². The summed E-state index contributed by atoms with van der Waals surface area (Å²) in [4.78, 5) is 22.6. The van der Waals surface area contributed by atoms with E-state index in [-0.39, 0.29) is 5.91 Å². The Morgan fingerprint density at radius 1 is 1.29 bits per heavy atom. The molecule has 17 heavy (non-hydrogen) atoms. The fourth-order valence-corrected chi connectivity index (χ4v) is 1.83. The van der Waals surface area contributed by atoms with Gasteiger partial charge in [-0.1, -0.05) is 43.3 Å². The van der Waals surface area contributed by atoms with Gasteiger partial charge in [-0.3, -0.25) is 10.1 Å². The van der Waals surface area contributed by atoms with Gasteiger partial charge in [0.15, 0.2) is 0 Å². The molecular formula is C13H14N2O2. The normalized spacial score (nSPS) is 20.1. The Kier molecular flexibility index (Phi) is 3.23. The number of hydrogen-bond donors (Lipinski definition) is 2. The summed E-state index contributed by atoms with van der Waals surface area (Å²) >= 11 is 0. The van der Waals surface area contributed by atoms with Gasteiger partial charge in [-0.15, -0.1) is 0 Å². The highest BCUT2D eigenvalue weighted by Crippen LogP contribution is 2.15. The molecule has 1 fully saturated rings. The third kappa shape index (κ3) is 2.53. The van der Waals surface area contributed by atoms with Crippen molar-refractivity contribution in [3.8, 4) is 0 Å². The van der Waals surface area contributed by atoms with Crippen LogP contribution in [-0.2, 0) is 4.79 Å². The average Bonchev–Trinajstić information content (AvgIpc) is 2.67. The minimum absolute atomic E-state index is 0.279. The second-order valence-corrected chi connectivity index (χ2v) is 3.88. The molecule has 0 saturated carbocycles. The lowest BCUT2D eigenvalue weighted by Crippen LogP contribution is -2.30. The topological polar surface area (TPSA) is 58.2 Å². The predicted octanol–water partition coefficient (Wildman–Crippen LogP) is 1.69. The quantitative estimate of drug-likeness (QED) is 0.776. The minimum Gasteiger partial charge on any atom is -0.322 e. The first-order valence-corrected chi connectivity index (χ1v) is 5.57. The van der Waals surface area contributed by atoms with Gasteiger partial charge in [-0.25, -0.2) is 4.79 Å². The Bertz CT molecular complexity index is 466. The smallest absolute Gasteiger partial charge is 0.322 e. The monoisotopic (exact) mass is 230 g/mol. The Labute approximate surface area is 99.7 Å². The standard InChI is InChI=1S/C13H14N2O2/c1-2-10(8-9-6-4-3-5-7-9)11-12(16)15-13(17)14-11/h3-8,11H,2H2,1H3,(H2,14,15,16,17)/b10-8+/t11-/m1/s1. The fraction of sp³-hybridized carbons (Fsp3) is 0.231. The van der Waals surface area contributed by atoms with Crippen LogP contribution in [0.5, 0.6) is 0 Å². The van der Waals surface area contributed by atoms with Gasteiger partial charge >= 0.3 is 6.03 Å². The maximum Gasteiger partial charge on any atom is 0.322 e. The highest BCUT2D eigenvalue weighted by Gasteiger charge is 2.31. The zero-order valence-electron chi connectivity index (χ0n) is 9.57. The first-order valence-electron chi connectivity index (χ1n) is 5.57. The fourth-order valence-electron chi connectivity index (χ4n) is 1.83. The Hall–Kier alpha value is -2.10. The summed E-state index contributed by atoms with van der Waals surface area (Å²) in [6.07, 6.45) is 2.66. The van der Waals surface area contributed by atoms with Crippen LogP contribution in [-0.4, -0.2) is 18.0 Å². The number of rotatable bonds is 3. The molecule has 4 nitrogen and oxygen atoms in total. The van der Waals surface area contributed by atoms with Crippen LogP contribution in [0, 0.1) is 0 Å². The summed E-state index contributed by atoms with van der Waals surface area (Å²) in [6.45, 7) is 1.96. The highest BCUT2D eigenvalue weighted by molar-refractivity contribution is 6.06. The molecule has 1 aliphatic rings. The van der Waals surface area contributed by atoms with E-state index >= 15 is 0 Å². The van der Waals surface area contributed by atoms with Gasteiger partial charge in [0, 0.05) is 0 Å². The van der Waals surface area contributed by atoms with Crippen molar-refractivity contribution in [2.75, 3.05) is 0 Å². The second-order valence-electron chi connectivity index (χ2n) is 3.88. The van der Waals surface area contributed by atoms with Crippen molar-refractivity contribution in [2.45, 2.75) is 19.4 Å². The molecule has 1 aliphatic heterocycles. The van der Waals surface area contributed by atoms with E-state index in [2.05, 4.69) is 10.6 Å². The van der Waals surface area contributed by atoms with Crippen LogP contribution in [0.15, 0.2) is 35.9 Å². The van der Waals surface area contributed by atoms with Crippen molar-refractivity contribution < 1.29 is 9.59 Å². The van der Waals surface area contributed by atoms with E-state index < -0.39 is 12.1 Å². The number of imide groups is 1. The van der Waals surface area contributed by atoms with Gasteiger partial charge < -0.3 is 5.32 Å². The average molecular weight is 230 g/mol. The molecule has 1 heterocycles.